The number of hydrogen-bond donors (Lipinski definition) is 1. The Kier molecular flexibility index (Phi) is 6.02. The van der Waals surface area contributed by atoms with Gasteiger partial charge in [-0.2, -0.15) is 0 Å². The van der Waals surface area contributed by atoms with Crippen LogP contribution in [0.4, 0.5) is 0 Å². The summed E-state index contributed by atoms with van der Waals surface area (Å²) in [6.07, 6.45) is 2.51. The summed E-state index contributed by atoms with van der Waals surface area (Å²) in [6.45, 7) is 5.31. The number of carbonyl (C=O) groups excluding carboxylic acids is 1. The average molecular weight is 275 g/mol. The first kappa shape index (κ1) is 15.0. The lowest BCUT2D eigenvalue weighted by atomic mass is 10.2. The number of rotatable bonds is 6. The molecule has 20 heavy (non-hydrogen) atoms. The van der Waals surface area contributed by atoms with Crippen molar-refractivity contribution >= 4 is 5.91 Å². The van der Waals surface area contributed by atoms with E-state index in [1.54, 1.807) is 0 Å². The smallest absolute Gasteiger partial charge is 0.222 e. The lowest BCUT2D eigenvalue weighted by molar-refractivity contribution is -0.133. The predicted molar refractivity (Wildman–Crippen MR) is 81.2 cm³/mol. The minimum atomic E-state index is 0.290. The van der Waals surface area contributed by atoms with E-state index in [4.69, 9.17) is 5.73 Å². The third kappa shape index (κ3) is 4.62. The van der Waals surface area contributed by atoms with Gasteiger partial charge in [0.25, 0.3) is 0 Å². The molecule has 1 aromatic carbocycles. The third-order valence-corrected chi connectivity index (χ3v) is 3.82. The topological polar surface area (TPSA) is 49.6 Å². The van der Waals surface area contributed by atoms with Crippen LogP contribution in [0, 0.1) is 0 Å². The van der Waals surface area contributed by atoms with Crippen molar-refractivity contribution in [2.45, 2.75) is 25.8 Å². The lowest BCUT2D eigenvalue weighted by Gasteiger charge is -2.34. The number of nitrogens with two attached hydrogens (primary N) is 1. The Hall–Kier alpha value is -1.39. The Morgan fingerprint density at radius 2 is 1.75 bits per heavy atom. The Bertz CT molecular complexity index is 399. The minimum Gasteiger partial charge on any atom is -0.340 e. The summed E-state index contributed by atoms with van der Waals surface area (Å²) in [6, 6.07) is 10.5. The van der Waals surface area contributed by atoms with Gasteiger partial charge in [-0.3, -0.25) is 9.69 Å². The van der Waals surface area contributed by atoms with Crippen LogP contribution >= 0.6 is 0 Å². The summed E-state index contributed by atoms with van der Waals surface area (Å²) in [4.78, 5) is 16.4. The van der Waals surface area contributed by atoms with Crippen molar-refractivity contribution in [2.24, 2.45) is 5.73 Å². The molecule has 4 heteroatoms. The van der Waals surface area contributed by atoms with E-state index >= 15 is 0 Å². The zero-order valence-electron chi connectivity index (χ0n) is 12.1. The van der Waals surface area contributed by atoms with Crippen molar-refractivity contribution in [1.82, 2.24) is 9.80 Å². The molecular weight excluding hydrogens is 250 g/mol. The molecule has 1 aliphatic heterocycles. The van der Waals surface area contributed by atoms with Crippen molar-refractivity contribution in [3.05, 3.63) is 35.9 Å². The number of unbranched alkanes of at least 4 members (excludes halogenated alkanes) is 1. The molecule has 0 unspecified atom stereocenters. The molecule has 1 heterocycles. The number of carbonyl (C=O) groups is 1. The fourth-order valence-corrected chi connectivity index (χ4v) is 2.58. The molecule has 2 N–H and O–H groups in total. The summed E-state index contributed by atoms with van der Waals surface area (Å²) < 4.78 is 0. The van der Waals surface area contributed by atoms with E-state index in [0.29, 0.717) is 13.0 Å². The summed E-state index contributed by atoms with van der Waals surface area (Å²) in [5.41, 5.74) is 6.80. The van der Waals surface area contributed by atoms with Gasteiger partial charge in [0, 0.05) is 39.1 Å². The van der Waals surface area contributed by atoms with Gasteiger partial charge in [-0.05, 0) is 24.9 Å². The van der Waals surface area contributed by atoms with E-state index in [0.717, 1.165) is 45.6 Å². The maximum absolute atomic E-state index is 12.0. The molecule has 0 bridgehead atoms. The van der Waals surface area contributed by atoms with Gasteiger partial charge in [-0.1, -0.05) is 30.3 Å². The third-order valence-electron chi connectivity index (χ3n) is 3.82. The first-order valence-electron chi connectivity index (χ1n) is 7.53. The van der Waals surface area contributed by atoms with Crippen molar-refractivity contribution in [1.29, 1.82) is 0 Å². The zero-order valence-corrected chi connectivity index (χ0v) is 12.1. The summed E-state index contributed by atoms with van der Waals surface area (Å²) in [5.74, 6) is 0.290. The lowest BCUT2D eigenvalue weighted by Crippen LogP contribution is -2.48. The van der Waals surface area contributed by atoms with Gasteiger partial charge in [0.2, 0.25) is 5.91 Å². The predicted octanol–water partition coefficient (Wildman–Crippen LogP) is 1.46. The first-order chi connectivity index (χ1) is 9.79. The molecule has 1 saturated heterocycles. The Morgan fingerprint density at radius 1 is 1.05 bits per heavy atom. The summed E-state index contributed by atoms with van der Waals surface area (Å²) in [5, 5.41) is 0. The molecular formula is C16H25N3O. The number of benzene rings is 1. The van der Waals surface area contributed by atoms with Crippen LogP contribution in [0.1, 0.15) is 24.8 Å². The van der Waals surface area contributed by atoms with E-state index in [1.807, 2.05) is 11.0 Å². The van der Waals surface area contributed by atoms with Crippen LogP contribution in [0.25, 0.3) is 0 Å². The molecule has 0 radical (unpaired) electrons. The highest BCUT2D eigenvalue weighted by molar-refractivity contribution is 5.76. The van der Waals surface area contributed by atoms with Crippen LogP contribution in [-0.4, -0.2) is 48.4 Å². The van der Waals surface area contributed by atoms with Gasteiger partial charge in [-0.15, -0.1) is 0 Å². The molecule has 4 nitrogen and oxygen atoms in total. The highest BCUT2D eigenvalue weighted by Gasteiger charge is 2.20. The highest BCUT2D eigenvalue weighted by Crippen LogP contribution is 2.10. The number of nitrogens with zero attached hydrogens (tertiary/aromatic N) is 2. The Balaban J connectivity index is 1.71. The van der Waals surface area contributed by atoms with Gasteiger partial charge < -0.3 is 10.6 Å². The number of hydrogen-bond acceptors (Lipinski definition) is 3. The van der Waals surface area contributed by atoms with Gasteiger partial charge in [0.15, 0.2) is 0 Å². The second kappa shape index (κ2) is 8.02. The van der Waals surface area contributed by atoms with Gasteiger partial charge in [0.05, 0.1) is 0 Å². The van der Waals surface area contributed by atoms with Crippen LogP contribution in [0.2, 0.25) is 0 Å². The first-order valence-corrected chi connectivity index (χ1v) is 7.53. The Morgan fingerprint density at radius 3 is 2.40 bits per heavy atom. The van der Waals surface area contributed by atoms with Crippen LogP contribution in [0.3, 0.4) is 0 Å². The minimum absolute atomic E-state index is 0.290. The molecule has 0 saturated carbocycles. The van der Waals surface area contributed by atoms with E-state index in [1.165, 1.54) is 5.56 Å². The van der Waals surface area contributed by atoms with Gasteiger partial charge in [0.1, 0.15) is 0 Å². The standard InChI is InChI=1S/C16H25N3O/c17-9-5-4-8-16(20)19-12-10-18(11-13-19)14-15-6-2-1-3-7-15/h1-3,6-7H,4-5,8-14,17H2. The SMILES string of the molecule is NCCCCC(=O)N1CCN(Cc2ccccc2)CC1. The van der Waals surface area contributed by atoms with Crippen molar-refractivity contribution in [3.8, 4) is 0 Å². The largest absolute Gasteiger partial charge is 0.340 e. The normalized spacial score (nSPS) is 16.4. The summed E-state index contributed by atoms with van der Waals surface area (Å²) in [7, 11) is 0. The monoisotopic (exact) mass is 275 g/mol. The van der Waals surface area contributed by atoms with Crippen LogP contribution in [0.5, 0.6) is 0 Å². The Labute approximate surface area is 121 Å². The number of piperazine rings is 1. The summed E-state index contributed by atoms with van der Waals surface area (Å²) >= 11 is 0. The van der Waals surface area contributed by atoms with Gasteiger partial charge in [-0.25, -0.2) is 0 Å². The maximum Gasteiger partial charge on any atom is 0.222 e. The van der Waals surface area contributed by atoms with Crippen molar-refractivity contribution in [3.63, 3.8) is 0 Å². The van der Waals surface area contributed by atoms with Crippen molar-refractivity contribution < 1.29 is 4.79 Å². The van der Waals surface area contributed by atoms with Crippen molar-refractivity contribution in [2.75, 3.05) is 32.7 Å². The quantitative estimate of drug-likeness (QED) is 0.800. The molecule has 0 aliphatic carbocycles. The number of amides is 1. The van der Waals surface area contributed by atoms with Gasteiger partial charge >= 0.3 is 0 Å². The second-order valence-electron chi connectivity index (χ2n) is 5.39. The highest BCUT2D eigenvalue weighted by atomic mass is 16.2. The average Bonchev–Trinajstić information content (AvgIpc) is 2.49. The molecule has 1 aromatic rings. The van der Waals surface area contributed by atoms with E-state index in [2.05, 4.69) is 29.2 Å². The molecule has 1 amide bonds. The van der Waals surface area contributed by atoms with Crippen LogP contribution in [-0.2, 0) is 11.3 Å². The van der Waals surface area contributed by atoms with E-state index in [-0.39, 0.29) is 5.91 Å². The molecule has 1 aliphatic rings. The molecule has 2 rings (SSSR count). The molecule has 0 aromatic heterocycles. The molecule has 110 valence electrons. The van der Waals surface area contributed by atoms with E-state index < -0.39 is 0 Å². The molecule has 0 atom stereocenters. The van der Waals surface area contributed by atoms with Crippen LogP contribution < -0.4 is 5.73 Å². The zero-order chi connectivity index (χ0) is 14.2. The molecule has 0 spiro atoms. The second-order valence-corrected chi connectivity index (χ2v) is 5.39. The molecule has 1 fully saturated rings. The maximum atomic E-state index is 12.0. The fourth-order valence-electron chi connectivity index (χ4n) is 2.58. The van der Waals surface area contributed by atoms with E-state index in [9.17, 15) is 4.79 Å². The fraction of sp³-hybridized carbons (Fsp3) is 0.562. The van der Waals surface area contributed by atoms with Crippen LogP contribution in [0.15, 0.2) is 30.3 Å².